The first kappa shape index (κ1) is 8.31. The Balaban J connectivity index is 2.34. The predicted molar refractivity (Wildman–Crippen MR) is 55.5 cm³/mol. The van der Waals surface area contributed by atoms with E-state index in [4.69, 9.17) is 0 Å². The molecule has 0 atom stereocenters. The number of rotatable bonds is 2. The zero-order chi connectivity index (χ0) is 8.55. The van der Waals surface area contributed by atoms with Crippen molar-refractivity contribution < 1.29 is 0 Å². The quantitative estimate of drug-likeness (QED) is 0.716. The summed E-state index contributed by atoms with van der Waals surface area (Å²) in [5.41, 5.74) is 2.98. The van der Waals surface area contributed by atoms with Crippen LogP contribution < -0.4 is 0 Å². The molecule has 2 rings (SSSR count). The van der Waals surface area contributed by atoms with Crippen LogP contribution in [-0.4, -0.2) is 0 Å². The lowest BCUT2D eigenvalue weighted by molar-refractivity contribution is 1.08. The minimum absolute atomic E-state index is 0.868. The lowest BCUT2D eigenvalue weighted by Crippen LogP contribution is -1.85. The summed E-state index contributed by atoms with van der Waals surface area (Å²) >= 11 is 3.55. The lowest BCUT2D eigenvalue weighted by atomic mass is 10.1. The smallest absolute Gasteiger partial charge is 0.0180 e. The van der Waals surface area contributed by atoms with E-state index >= 15 is 0 Å². The summed E-state index contributed by atoms with van der Waals surface area (Å²) in [5, 5.41) is 0. The molecule has 0 aromatic heterocycles. The summed E-state index contributed by atoms with van der Waals surface area (Å²) in [4.78, 5) is 0. The molecule has 1 aromatic carbocycles. The molecule has 0 amide bonds. The summed E-state index contributed by atoms with van der Waals surface area (Å²) in [6, 6.07) is 6.82. The monoisotopic (exact) mass is 224 g/mol. The van der Waals surface area contributed by atoms with Gasteiger partial charge in [-0.2, -0.15) is 0 Å². The predicted octanol–water partition coefficient (Wildman–Crippen LogP) is 3.89. The van der Waals surface area contributed by atoms with Crippen molar-refractivity contribution >= 4 is 15.9 Å². The second-order valence-electron chi connectivity index (χ2n) is 3.52. The number of benzene rings is 1. The van der Waals surface area contributed by atoms with Gasteiger partial charge in [-0.25, -0.2) is 0 Å². The average Bonchev–Trinajstić information content (AvgIpc) is 2.85. The molecule has 0 aliphatic heterocycles. The summed E-state index contributed by atoms with van der Waals surface area (Å²) in [6.07, 6.45) is 3.92. The van der Waals surface area contributed by atoms with Gasteiger partial charge in [-0.05, 0) is 48.4 Å². The third-order valence-corrected chi connectivity index (χ3v) is 2.89. The second-order valence-corrected chi connectivity index (χ2v) is 4.44. The molecule has 64 valence electrons. The van der Waals surface area contributed by atoms with Crippen LogP contribution in [0.2, 0.25) is 0 Å². The van der Waals surface area contributed by atoms with Crippen LogP contribution in [0.4, 0.5) is 0 Å². The van der Waals surface area contributed by atoms with E-state index in [-0.39, 0.29) is 0 Å². The van der Waals surface area contributed by atoms with Crippen LogP contribution in [0.25, 0.3) is 0 Å². The van der Waals surface area contributed by atoms with Crippen LogP contribution in [0.1, 0.15) is 36.8 Å². The van der Waals surface area contributed by atoms with Gasteiger partial charge in [0.05, 0.1) is 0 Å². The van der Waals surface area contributed by atoms with Crippen LogP contribution in [0, 0.1) is 0 Å². The molecule has 0 bridgehead atoms. The minimum Gasteiger partial charge on any atom is -0.0613 e. The van der Waals surface area contributed by atoms with E-state index in [1.807, 2.05) is 0 Å². The largest absolute Gasteiger partial charge is 0.0613 e. The molecule has 1 heteroatoms. The van der Waals surface area contributed by atoms with Gasteiger partial charge in [0, 0.05) is 4.47 Å². The van der Waals surface area contributed by atoms with Crippen molar-refractivity contribution in [1.82, 2.24) is 0 Å². The van der Waals surface area contributed by atoms with Crippen molar-refractivity contribution in [3.8, 4) is 0 Å². The molecule has 1 aliphatic rings. The molecule has 0 nitrogen and oxygen atoms in total. The normalized spacial score (nSPS) is 16.5. The Bertz CT molecular complexity index is 287. The fourth-order valence-electron chi connectivity index (χ4n) is 1.53. The van der Waals surface area contributed by atoms with E-state index in [2.05, 4.69) is 41.1 Å². The molecule has 1 aromatic rings. The number of hydrogen-bond donors (Lipinski definition) is 0. The van der Waals surface area contributed by atoms with Crippen molar-refractivity contribution in [3.63, 3.8) is 0 Å². The van der Waals surface area contributed by atoms with Crippen LogP contribution in [0.15, 0.2) is 22.7 Å². The van der Waals surface area contributed by atoms with Gasteiger partial charge >= 0.3 is 0 Å². The van der Waals surface area contributed by atoms with E-state index in [1.54, 1.807) is 0 Å². The SMILES string of the molecule is CCc1cc(Br)cc(C2CC2)c1. The highest BCUT2D eigenvalue weighted by Crippen LogP contribution is 2.41. The van der Waals surface area contributed by atoms with Gasteiger partial charge in [0.25, 0.3) is 0 Å². The molecule has 0 saturated heterocycles. The highest BCUT2D eigenvalue weighted by molar-refractivity contribution is 9.10. The zero-order valence-electron chi connectivity index (χ0n) is 7.31. The fraction of sp³-hybridized carbons (Fsp3) is 0.455. The van der Waals surface area contributed by atoms with E-state index in [0.29, 0.717) is 0 Å². The standard InChI is InChI=1S/C11H13Br/c1-2-8-5-10(9-3-4-9)7-11(12)6-8/h5-7,9H,2-4H2,1H3. The Morgan fingerprint density at radius 2 is 2.08 bits per heavy atom. The van der Waals surface area contributed by atoms with Crippen molar-refractivity contribution in [2.24, 2.45) is 0 Å². The highest BCUT2D eigenvalue weighted by atomic mass is 79.9. The Labute approximate surface area is 82.1 Å². The van der Waals surface area contributed by atoms with E-state index in [9.17, 15) is 0 Å². The molecule has 1 aliphatic carbocycles. The van der Waals surface area contributed by atoms with E-state index < -0.39 is 0 Å². The maximum atomic E-state index is 3.55. The van der Waals surface area contributed by atoms with Crippen molar-refractivity contribution in [2.45, 2.75) is 32.1 Å². The Kier molecular flexibility index (Phi) is 2.22. The van der Waals surface area contributed by atoms with Gasteiger partial charge in [0.2, 0.25) is 0 Å². The first-order valence-electron chi connectivity index (χ1n) is 4.59. The molecular formula is C11H13Br. The van der Waals surface area contributed by atoms with Gasteiger partial charge < -0.3 is 0 Å². The van der Waals surface area contributed by atoms with Crippen LogP contribution in [0.3, 0.4) is 0 Å². The third-order valence-electron chi connectivity index (χ3n) is 2.44. The van der Waals surface area contributed by atoms with Gasteiger partial charge in [0.1, 0.15) is 0 Å². The van der Waals surface area contributed by atoms with Crippen LogP contribution >= 0.6 is 15.9 Å². The van der Waals surface area contributed by atoms with Crippen LogP contribution in [0.5, 0.6) is 0 Å². The van der Waals surface area contributed by atoms with Crippen molar-refractivity contribution in [1.29, 1.82) is 0 Å². The molecule has 12 heavy (non-hydrogen) atoms. The summed E-state index contributed by atoms with van der Waals surface area (Å²) in [6.45, 7) is 2.21. The number of halogens is 1. The van der Waals surface area contributed by atoms with Gasteiger partial charge in [0.15, 0.2) is 0 Å². The molecule has 1 fully saturated rings. The Hall–Kier alpha value is -0.300. The summed E-state index contributed by atoms with van der Waals surface area (Å²) in [7, 11) is 0. The van der Waals surface area contributed by atoms with Crippen molar-refractivity contribution in [3.05, 3.63) is 33.8 Å². The third kappa shape index (κ3) is 1.71. The molecular weight excluding hydrogens is 212 g/mol. The summed E-state index contributed by atoms with van der Waals surface area (Å²) < 4.78 is 1.24. The number of hydrogen-bond acceptors (Lipinski definition) is 0. The van der Waals surface area contributed by atoms with Gasteiger partial charge in [-0.3, -0.25) is 0 Å². The molecule has 0 spiro atoms. The Morgan fingerprint density at radius 1 is 1.33 bits per heavy atom. The second kappa shape index (κ2) is 3.21. The van der Waals surface area contributed by atoms with Crippen molar-refractivity contribution in [2.75, 3.05) is 0 Å². The first-order valence-corrected chi connectivity index (χ1v) is 5.38. The maximum absolute atomic E-state index is 3.55. The number of aryl methyl sites for hydroxylation is 1. The van der Waals surface area contributed by atoms with E-state index in [0.717, 1.165) is 12.3 Å². The van der Waals surface area contributed by atoms with E-state index in [1.165, 1.54) is 28.4 Å². The molecule has 1 saturated carbocycles. The maximum Gasteiger partial charge on any atom is 0.0180 e. The zero-order valence-corrected chi connectivity index (χ0v) is 8.89. The average molecular weight is 225 g/mol. The molecule has 0 heterocycles. The minimum atomic E-state index is 0.868. The fourth-order valence-corrected chi connectivity index (χ4v) is 2.09. The van der Waals surface area contributed by atoms with Gasteiger partial charge in [-0.15, -0.1) is 0 Å². The molecule has 0 radical (unpaired) electrons. The van der Waals surface area contributed by atoms with Gasteiger partial charge in [-0.1, -0.05) is 28.9 Å². The lowest BCUT2D eigenvalue weighted by Gasteiger charge is -2.03. The topological polar surface area (TPSA) is 0 Å². The first-order chi connectivity index (χ1) is 5.79. The molecule has 0 unspecified atom stereocenters. The highest BCUT2D eigenvalue weighted by Gasteiger charge is 2.23. The molecule has 0 N–H and O–H groups in total. The summed E-state index contributed by atoms with van der Waals surface area (Å²) in [5.74, 6) is 0.868. The van der Waals surface area contributed by atoms with Crippen LogP contribution in [-0.2, 0) is 6.42 Å². The Morgan fingerprint density at radius 3 is 2.67 bits per heavy atom.